The number of carbonyl (C=O) groups excluding carboxylic acids is 2. The number of hydrogen-bond donors (Lipinski definition) is 0. The highest BCUT2D eigenvalue weighted by molar-refractivity contribution is 6.02. The summed E-state index contributed by atoms with van der Waals surface area (Å²) in [5, 5.41) is 0. The van der Waals surface area contributed by atoms with Gasteiger partial charge in [-0.3, -0.25) is 9.59 Å². The summed E-state index contributed by atoms with van der Waals surface area (Å²) in [6, 6.07) is 0. The highest BCUT2D eigenvalue weighted by Gasteiger charge is 2.47. The summed E-state index contributed by atoms with van der Waals surface area (Å²) in [7, 11) is 0. The van der Waals surface area contributed by atoms with E-state index >= 15 is 0 Å². The lowest BCUT2D eigenvalue weighted by Gasteiger charge is -2.30. The fourth-order valence-electron chi connectivity index (χ4n) is 2.38. The molecule has 0 amide bonds. The van der Waals surface area contributed by atoms with Crippen LogP contribution in [-0.4, -0.2) is 18.4 Å². The van der Waals surface area contributed by atoms with Crippen molar-refractivity contribution in [3.63, 3.8) is 0 Å². The minimum Gasteiger partial charge on any atom is -0.465 e. The third-order valence-corrected chi connectivity index (χ3v) is 3.60. The molecule has 3 heteroatoms. The van der Waals surface area contributed by atoms with Crippen molar-refractivity contribution in [2.75, 3.05) is 6.61 Å². The van der Waals surface area contributed by atoms with E-state index in [1.807, 2.05) is 0 Å². The Bertz CT molecular complexity index is 254. The lowest BCUT2D eigenvalue weighted by molar-refractivity contribution is -0.162. The molecule has 0 saturated heterocycles. The van der Waals surface area contributed by atoms with E-state index < -0.39 is 5.41 Å². The lowest BCUT2D eigenvalue weighted by Crippen LogP contribution is -2.42. The third-order valence-electron chi connectivity index (χ3n) is 3.60. The van der Waals surface area contributed by atoms with Gasteiger partial charge in [0.05, 0.1) is 6.61 Å². The Kier molecular flexibility index (Phi) is 3.89. The van der Waals surface area contributed by atoms with Crippen LogP contribution in [0.4, 0.5) is 0 Å². The average molecular weight is 212 g/mol. The van der Waals surface area contributed by atoms with E-state index in [-0.39, 0.29) is 17.7 Å². The molecular weight excluding hydrogens is 192 g/mol. The van der Waals surface area contributed by atoms with Gasteiger partial charge in [0, 0.05) is 0 Å². The second kappa shape index (κ2) is 4.77. The first-order valence-electron chi connectivity index (χ1n) is 5.71. The van der Waals surface area contributed by atoms with Gasteiger partial charge in [-0.05, 0) is 39.5 Å². The van der Waals surface area contributed by atoms with Crippen molar-refractivity contribution < 1.29 is 14.3 Å². The highest BCUT2D eigenvalue weighted by atomic mass is 16.5. The van der Waals surface area contributed by atoms with Crippen molar-refractivity contribution in [2.24, 2.45) is 11.3 Å². The van der Waals surface area contributed by atoms with Gasteiger partial charge >= 0.3 is 5.97 Å². The van der Waals surface area contributed by atoms with E-state index in [2.05, 4.69) is 0 Å². The SMILES string of the molecule is CCOC(=O)C(C)(C(C)=O)C1CCCC1. The molecule has 1 atom stereocenters. The molecule has 0 N–H and O–H groups in total. The van der Waals surface area contributed by atoms with Crippen molar-refractivity contribution in [1.82, 2.24) is 0 Å². The van der Waals surface area contributed by atoms with E-state index in [4.69, 9.17) is 4.74 Å². The Morgan fingerprint density at radius 3 is 2.27 bits per heavy atom. The molecule has 0 aromatic heterocycles. The molecule has 0 bridgehead atoms. The van der Waals surface area contributed by atoms with Crippen LogP contribution in [0.25, 0.3) is 0 Å². The molecule has 1 aliphatic carbocycles. The maximum absolute atomic E-state index is 11.9. The van der Waals surface area contributed by atoms with Crippen LogP contribution in [0.15, 0.2) is 0 Å². The second-order valence-electron chi connectivity index (χ2n) is 4.46. The van der Waals surface area contributed by atoms with E-state index in [9.17, 15) is 9.59 Å². The smallest absolute Gasteiger partial charge is 0.319 e. The standard InChI is InChI=1S/C12H20O3/c1-4-15-11(14)12(3,9(2)13)10-7-5-6-8-10/h10H,4-8H2,1-3H3. The molecule has 1 saturated carbocycles. The van der Waals surface area contributed by atoms with E-state index in [0.717, 1.165) is 25.7 Å². The first kappa shape index (κ1) is 12.2. The van der Waals surface area contributed by atoms with Crippen LogP contribution in [0, 0.1) is 11.3 Å². The van der Waals surface area contributed by atoms with Gasteiger partial charge in [0.25, 0.3) is 0 Å². The van der Waals surface area contributed by atoms with Gasteiger partial charge in [-0.25, -0.2) is 0 Å². The molecule has 3 nitrogen and oxygen atoms in total. The number of esters is 1. The fraction of sp³-hybridized carbons (Fsp3) is 0.833. The lowest BCUT2D eigenvalue weighted by atomic mass is 9.73. The Hall–Kier alpha value is -0.860. The summed E-state index contributed by atoms with van der Waals surface area (Å²) in [5.74, 6) is -0.230. The number of Topliss-reactive ketones (excluding diaryl/α,β-unsaturated/α-hetero) is 1. The molecule has 0 spiro atoms. The second-order valence-corrected chi connectivity index (χ2v) is 4.46. The van der Waals surface area contributed by atoms with E-state index in [0.29, 0.717) is 6.61 Å². The highest BCUT2D eigenvalue weighted by Crippen LogP contribution is 2.41. The normalized spacial score (nSPS) is 21.0. The fourth-order valence-corrected chi connectivity index (χ4v) is 2.38. The number of carbonyl (C=O) groups is 2. The zero-order valence-electron chi connectivity index (χ0n) is 9.84. The zero-order chi connectivity index (χ0) is 11.5. The summed E-state index contributed by atoms with van der Waals surface area (Å²) in [6.07, 6.45) is 4.17. The Morgan fingerprint density at radius 2 is 1.87 bits per heavy atom. The van der Waals surface area contributed by atoms with Gasteiger partial charge in [-0.15, -0.1) is 0 Å². The first-order valence-corrected chi connectivity index (χ1v) is 5.71. The Morgan fingerprint density at radius 1 is 1.33 bits per heavy atom. The largest absolute Gasteiger partial charge is 0.465 e. The molecule has 1 rings (SSSR count). The maximum Gasteiger partial charge on any atom is 0.319 e. The van der Waals surface area contributed by atoms with Crippen molar-refractivity contribution >= 4 is 11.8 Å². The summed E-state index contributed by atoms with van der Waals surface area (Å²) in [4.78, 5) is 23.5. The molecule has 1 unspecified atom stereocenters. The minimum atomic E-state index is -0.910. The molecular formula is C12H20O3. The molecule has 15 heavy (non-hydrogen) atoms. The van der Waals surface area contributed by atoms with Crippen LogP contribution < -0.4 is 0 Å². The van der Waals surface area contributed by atoms with Gasteiger partial charge < -0.3 is 4.74 Å². The van der Waals surface area contributed by atoms with Gasteiger partial charge in [0.15, 0.2) is 0 Å². The maximum atomic E-state index is 11.9. The minimum absolute atomic E-state index is 0.0622. The van der Waals surface area contributed by atoms with Gasteiger partial charge in [0.2, 0.25) is 0 Å². The van der Waals surface area contributed by atoms with Gasteiger partial charge in [0.1, 0.15) is 11.2 Å². The molecule has 0 aromatic rings. The van der Waals surface area contributed by atoms with Gasteiger partial charge in [-0.1, -0.05) is 12.8 Å². The van der Waals surface area contributed by atoms with Crippen LogP contribution in [0.3, 0.4) is 0 Å². The summed E-state index contributed by atoms with van der Waals surface area (Å²) in [6.45, 7) is 5.35. The molecule has 86 valence electrons. The van der Waals surface area contributed by atoms with E-state index in [1.165, 1.54) is 6.92 Å². The first-order chi connectivity index (χ1) is 7.03. The summed E-state index contributed by atoms with van der Waals surface area (Å²) in [5.41, 5.74) is -0.910. The Balaban J connectivity index is 2.86. The molecule has 0 radical (unpaired) electrons. The predicted octanol–water partition coefficient (Wildman–Crippen LogP) is 2.33. The number of rotatable bonds is 4. The summed E-state index contributed by atoms with van der Waals surface area (Å²) >= 11 is 0. The van der Waals surface area contributed by atoms with Crippen LogP contribution in [0.5, 0.6) is 0 Å². The van der Waals surface area contributed by atoms with Crippen LogP contribution in [-0.2, 0) is 14.3 Å². The predicted molar refractivity (Wildman–Crippen MR) is 57.4 cm³/mol. The Labute approximate surface area is 91.2 Å². The average Bonchev–Trinajstić information content (AvgIpc) is 2.69. The number of ketones is 1. The summed E-state index contributed by atoms with van der Waals surface area (Å²) < 4.78 is 5.02. The number of ether oxygens (including phenoxy) is 1. The number of hydrogen-bond acceptors (Lipinski definition) is 3. The molecule has 0 aromatic carbocycles. The molecule has 1 fully saturated rings. The van der Waals surface area contributed by atoms with Crippen molar-refractivity contribution in [3.8, 4) is 0 Å². The molecule has 1 aliphatic rings. The molecule has 0 heterocycles. The van der Waals surface area contributed by atoms with Crippen molar-refractivity contribution in [1.29, 1.82) is 0 Å². The molecule has 0 aliphatic heterocycles. The van der Waals surface area contributed by atoms with Crippen LogP contribution in [0.2, 0.25) is 0 Å². The quantitative estimate of drug-likeness (QED) is 0.530. The van der Waals surface area contributed by atoms with Crippen LogP contribution >= 0.6 is 0 Å². The van der Waals surface area contributed by atoms with Crippen LogP contribution in [0.1, 0.15) is 46.5 Å². The van der Waals surface area contributed by atoms with E-state index in [1.54, 1.807) is 13.8 Å². The van der Waals surface area contributed by atoms with Crippen molar-refractivity contribution in [2.45, 2.75) is 46.5 Å². The van der Waals surface area contributed by atoms with Gasteiger partial charge in [-0.2, -0.15) is 0 Å². The zero-order valence-corrected chi connectivity index (χ0v) is 9.84. The topological polar surface area (TPSA) is 43.4 Å². The van der Waals surface area contributed by atoms with Crippen molar-refractivity contribution in [3.05, 3.63) is 0 Å². The third kappa shape index (κ3) is 2.21. The monoisotopic (exact) mass is 212 g/mol.